The maximum atomic E-state index is 12.8. The number of aromatic amines is 1. The van der Waals surface area contributed by atoms with Crippen molar-refractivity contribution in [3.8, 4) is 11.4 Å². The highest BCUT2D eigenvalue weighted by Gasteiger charge is 2.32. The monoisotopic (exact) mass is 451 g/mol. The summed E-state index contributed by atoms with van der Waals surface area (Å²) in [7, 11) is 0. The van der Waals surface area contributed by atoms with Crippen LogP contribution in [0, 0.1) is 6.92 Å². The average Bonchev–Trinajstić information content (AvgIpc) is 3.38. The number of carbonyl (C=O) groups is 1. The lowest BCUT2D eigenvalue weighted by molar-refractivity contribution is -0.115. The maximum absolute atomic E-state index is 12.8. The number of H-pyrrole nitrogens is 1. The highest BCUT2D eigenvalue weighted by Crippen LogP contribution is 2.42. The molecule has 1 amide bonds. The molecule has 0 bridgehead atoms. The summed E-state index contributed by atoms with van der Waals surface area (Å²) in [5.41, 5.74) is 3.81. The van der Waals surface area contributed by atoms with E-state index >= 15 is 0 Å². The van der Waals surface area contributed by atoms with Gasteiger partial charge in [0.25, 0.3) is 0 Å². The van der Waals surface area contributed by atoms with Crippen LogP contribution >= 0.6 is 23.4 Å². The van der Waals surface area contributed by atoms with Gasteiger partial charge in [0.15, 0.2) is 11.0 Å². The van der Waals surface area contributed by atoms with Gasteiger partial charge in [-0.15, -0.1) is 10.2 Å². The Hall–Kier alpha value is -2.77. The van der Waals surface area contributed by atoms with Gasteiger partial charge in [0.2, 0.25) is 5.91 Å². The van der Waals surface area contributed by atoms with Crippen LogP contribution < -0.4 is 5.32 Å². The molecular formula is C23H22ClN5OS. The molecule has 1 atom stereocenters. The number of carbonyl (C=O) groups excluding carboxylic acids is 1. The Morgan fingerprint density at radius 1 is 1.26 bits per heavy atom. The fourth-order valence-corrected chi connectivity index (χ4v) is 4.73. The highest BCUT2D eigenvalue weighted by atomic mass is 35.5. The van der Waals surface area contributed by atoms with Gasteiger partial charge in [0, 0.05) is 39.4 Å². The van der Waals surface area contributed by atoms with Gasteiger partial charge in [-0.05, 0) is 50.5 Å². The summed E-state index contributed by atoms with van der Waals surface area (Å²) in [6.45, 7) is 3.83. The van der Waals surface area contributed by atoms with Crippen LogP contribution in [0.3, 0.4) is 0 Å². The number of thioether (sulfide) groups is 1. The number of rotatable bonds is 6. The smallest absolute Gasteiger partial charge is 0.237 e. The molecule has 1 aliphatic rings. The van der Waals surface area contributed by atoms with Crippen LogP contribution in [0.5, 0.6) is 0 Å². The first-order chi connectivity index (χ1) is 15.0. The molecule has 0 spiro atoms. The Labute approximate surface area is 189 Å². The van der Waals surface area contributed by atoms with Crippen molar-refractivity contribution < 1.29 is 4.79 Å². The molecule has 158 valence electrons. The summed E-state index contributed by atoms with van der Waals surface area (Å²) in [5.74, 6) is 0.759. The zero-order valence-corrected chi connectivity index (χ0v) is 18.8. The quantitative estimate of drug-likeness (QED) is 0.361. The molecule has 1 fully saturated rings. The number of nitrogens with one attached hydrogen (secondary N) is 2. The molecule has 0 aliphatic heterocycles. The molecule has 0 radical (unpaired) electrons. The zero-order valence-electron chi connectivity index (χ0n) is 17.2. The zero-order chi connectivity index (χ0) is 21.5. The molecule has 2 N–H and O–H groups in total. The van der Waals surface area contributed by atoms with Crippen LogP contribution in [0.2, 0.25) is 5.02 Å². The Kier molecular flexibility index (Phi) is 5.24. The standard InChI is InChI=1S/C23H22ClN5OS/c1-13-7-8-15(24)11-20(13)26-22(30)14(2)31-23-28-27-21(29(23)16-9-10-16)18-12-25-19-6-4-3-5-17(18)19/h3-8,11-12,14,16,25H,9-10H2,1-2H3,(H,26,30). The highest BCUT2D eigenvalue weighted by molar-refractivity contribution is 8.00. The van der Waals surface area contributed by atoms with Crippen LogP contribution in [0.15, 0.2) is 53.8 Å². The van der Waals surface area contributed by atoms with Crippen molar-refractivity contribution in [2.45, 2.75) is 43.1 Å². The van der Waals surface area contributed by atoms with Gasteiger partial charge >= 0.3 is 0 Å². The van der Waals surface area contributed by atoms with Gasteiger partial charge in [-0.2, -0.15) is 0 Å². The lowest BCUT2D eigenvalue weighted by atomic mass is 10.1. The van der Waals surface area contributed by atoms with E-state index in [0.29, 0.717) is 11.1 Å². The van der Waals surface area contributed by atoms with Crippen molar-refractivity contribution in [3.05, 3.63) is 59.2 Å². The first-order valence-electron chi connectivity index (χ1n) is 10.3. The van der Waals surface area contributed by atoms with Crippen LogP contribution in [0.4, 0.5) is 5.69 Å². The third-order valence-electron chi connectivity index (χ3n) is 5.52. The average molecular weight is 452 g/mol. The van der Waals surface area contributed by atoms with E-state index in [9.17, 15) is 4.79 Å². The fraction of sp³-hybridized carbons (Fsp3) is 0.261. The van der Waals surface area contributed by atoms with E-state index in [1.165, 1.54) is 11.8 Å². The van der Waals surface area contributed by atoms with Crippen LogP contribution in [-0.2, 0) is 4.79 Å². The van der Waals surface area contributed by atoms with E-state index in [-0.39, 0.29) is 11.2 Å². The lowest BCUT2D eigenvalue weighted by Gasteiger charge is -2.14. The van der Waals surface area contributed by atoms with Crippen molar-refractivity contribution in [2.75, 3.05) is 5.32 Å². The number of hydrogen-bond donors (Lipinski definition) is 2. The van der Waals surface area contributed by atoms with Crippen LogP contribution in [0.1, 0.15) is 31.4 Å². The number of amides is 1. The molecule has 0 saturated heterocycles. The molecule has 1 unspecified atom stereocenters. The second-order valence-corrected chi connectivity index (χ2v) is 9.61. The van der Waals surface area contributed by atoms with E-state index in [1.54, 1.807) is 6.07 Å². The molecular weight excluding hydrogens is 430 g/mol. The van der Waals surface area contributed by atoms with Gasteiger partial charge < -0.3 is 10.3 Å². The minimum Gasteiger partial charge on any atom is -0.360 e. The molecule has 8 heteroatoms. The summed E-state index contributed by atoms with van der Waals surface area (Å²) in [4.78, 5) is 16.2. The van der Waals surface area contributed by atoms with E-state index in [2.05, 4.69) is 37.2 Å². The van der Waals surface area contributed by atoms with Gasteiger partial charge in [0.05, 0.1) is 5.25 Å². The first kappa shape index (κ1) is 20.2. The largest absolute Gasteiger partial charge is 0.360 e. The van der Waals surface area contributed by atoms with Crippen molar-refractivity contribution >= 4 is 45.9 Å². The van der Waals surface area contributed by atoms with Gasteiger partial charge in [-0.3, -0.25) is 9.36 Å². The van der Waals surface area contributed by atoms with Crippen molar-refractivity contribution in [3.63, 3.8) is 0 Å². The topological polar surface area (TPSA) is 75.6 Å². The van der Waals surface area contributed by atoms with Crippen LogP contribution in [-0.4, -0.2) is 30.9 Å². The van der Waals surface area contributed by atoms with Gasteiger partial charge in [-0.25, -0.2) is 0 Å². The molecule has 31 heavy (non-hydrogen) atoms. The summed E-state index contributed by atoms with van der Waals surface area (Å²) < 4.78 is 2.19. The molecule has 2 heterocycles. The van der Waals surface area contributed by atoms with E-state index in [1.807, 2.05) is 44.3 Å². The summed E-state index contributed by atoms with van der Waals surface area (Å²) in [6, 6.07) is 14.0. The molecule has 4 aromatic rings. The third kappa shape index (κ3) is 3.95. The van der Waals surface area contributed by atoms with Gasteiger partial charge in [-0.1, -0.05) is 47.6 Å². The van der Waals surface area contributed by atoms with E-state index < -0.39 is 0 Å². The predicted octanol–water partition coefficient (Wildman–Crippen LogP) is 5.84. The summed E-state index contributed by atoms with van der Waals surface area (Å²) in [5, 5.41) is 14.1. The number of nitrogens with zero attached hydrogens (tertiary/aromatic N) is 3. The molecule has 2 aromatic heterocycles. The SMILES string of the molecule is Cc1ccc(Cl)cc1NC(=O)C(C)Sc1nnc(-c2c[nH]c3ccccc23)n1C1CC1. The predicted molar refractivity (Wildman–Crippen MR) is 126 cm³/mol. The number of halogens is 1. The third-order valence-corrected chi connectivity index (χ3v) is 6.81. The second kappa shape index (κ2) is 8.05. The second-order valence-electron chi connectivity index (χ2n) is 7.86. The molecule has 1 saturated carbocycles. The fourth-order valence-electron chi connectivity index (χ4n) is 3.63. The minimum absolute atomic E-state index is 0.0886. The van der Waals surface area contributed by atoms with Crippen molar-refractivity contribution in [1.29, 1.82) is 0 Å². The number of fused-ring (bicyclic) bond motifs is 1. The Morgan fingerprint density at radius 3 is 2.87 bits per heavy atom. The number of hydrogen-bond acceptors (Lipinski definition) is 4. The number of anilines is 1. The maximum Gasteiger partial charge on any atom is 0.237 e. The van der Waals surface area contributed by atoms with Crippen molar-refractivity contribution in [1.82, 2.24) is 19.7 Å². The molecule has 2 aromatic carbocycles. The van der Waals surface area contributed by atoms with Crippen LogP contribution in [0.25, 0.3) is 22.3 Å². The Bertz CT molecular complexity index is 1280. The number of benzene rings is 2. The first-order valence-corrected chi connectivity index (χ1v) is 11.5. The van der Waals surface area contributed by atoms with E-state index in [4.69, 9.17) is 11.6 Å². The normalized spacial score (nSPS) is 14.7. The molecule has 1 aliphatic carbocycles. The summed E-state index contributed by atoms with van der Waals surface area (Å²) >= 11 is 7.52. The molecule has 6 nitrogen and oxygen atoms in total. The minimum atomic E-state index is -0.337. The van der Waals surface area contributed by atoms with Crippen molar-refractivity contribution in [2.24, 2.45) is 0 Å². The molecule has 5 rings (SSSR count). The number of aryl methyl sites for hydroxylation is 1. The number of para-hydroxylation sites is 1. The Morgan fingerprint density at radius 2 is 2.06 bits per heavy atom. The number of aromatic nitrogens is 4. The van der Waals surface area contributed by atoms with E-state index in [0.717, 1.165) is 51.5 Å². The summed E-state index contributed by atoms with van der Waals surface area (Å²) in [6.07, 6.45) is 4.19. The van der Waals surface area contributed by atoms with Gasteiger partial charge in [0.1, 0.15) is 0 Å². The lowest BCUT2D eigenvalue weighted by Crippen LogP contribution is -2.23. The Balaban J connectivity index is 1.41.